The van der Waals surface area contributed by atoms with Crippen LogP contribution in [0.15, 0.2) is 0 Å². The van der Waals surface area contributed by atoms with Gasteiger partial charge in [-0.15, -0.1) is 0 Å². The zero-order valence-corrected chi connectivity index (χ0v) is 11.5. The lowest BCUT2D eigenvalue weighted by Crippen LogP contribution is -2.33. The Morgan fingerprint density at radius 1 is 0.933 bits per heavy atom. The van der Waals surface area contributed by atoms with E-state index in [9.17, 15) is 0 Å². The van der Waals surface area contributed by atoms with Crippen molar-refractivity contribution in [3.05, 3.63) is 0 Å². The summed E-state index contributed by atoms with van der Waals surface area (Å²) in [5.41, 5.74) is 0. The van der Waals surface area contributed by atoms with Gasteiger partial charge in [0.25, 0.3) is 0 Å². The Kier molecular flexibility index (Phi) is 9.18. The molecule has 1 heteroatoms. The molecule has 0 bridgehead atoms. The molecule has 0 saturated heterocycles. The van der Waals surface area contributed by atoms with Crippen LogP contribution in [0.2, 0.25) is 0 Å². The van der Waals surface area contributed by atoms with Gasteiger partial charge in [-0.2, -0.15) is 0 Å². The molecule has 0 fully saturated rings. The molecule has 0 aromatic heterocycles. The maximum absolute atomic E-state index is 3.64. The smallest absolute Gasteiger partial charge is 0.00643 e. The SMILES string of the molecule is CCCCCC(C)[C@@H](C)NCCC(C)C. The van der Waals surface area contributed by atoms with Crippen molar-refractivity contribution in [1.29, 1.82) is 0 Å². The molecule has 0 aromatic rings. The van der Waals surface area contributed by atoms with Gasteiger partial charge < -0.3 is 5.32 Å². The van der Waals surface area contributed by atoms with Gasteiger partial charge in [0.15, 0.2) is 0 Å². The monoisotopic (exact) mass is 213 g/mol. The van der Waals surface area contributed by atoms with Crippen LogP contribution in [0.5, 0.6) is 0 Å². The van der Waals surface area contributed by atoms with Crippen LogP contribution in [0.3, 0.4) is 0 Å². The normalized spacial score (nSPS) is 15.6. The molecular weight excluding hydrogens is 182 g/mol. The predicted molar refractivity (Wildman–Crippen MR) is 70.2 cm³/mol. The van der Waals surface area contributed by atoms with Crippen molar-refractivity contribution >= 4 is 0 Å². The third kappa shape index (κ3) is 8.92. The number of hydrogen-bond donors (Lipinski definition) is 1. The van der Waals surface area contributed by atoms with Crippen molar-refractivity contribution in [3.63, 3.8) is 0 Å². The Labute approximate surface area is 97.0 Å². The first-order valence-corrected chi connectivity index (χ1v) is 6.81. The van der Waals surface area contributed by atoms with Gasteiger partial charge in [0.2, 0.25) is 0 Å². The highest BCUT2D eigenvalue weighted by Gasteiger charge is 2.10. The second kappa shape index (κ2) is 9.21. The lowest BCUT2D eigenvalue weighted by Gasteiger charge is -2.21. The third-order valence-corrected chi connectivity index (χ3v) is 3.30. The van der Waals surface area contributed by atoms with E-state index in [2.05, 4.69) is 39.9 Å². The zero-order valence-electron chi connectivity index (χ0n) is 11.5. The van der Waals surface area contributed by atoms with Gasteiger partial charge >= 0.3 is 0 Å². The van der Waals surface area contributed by atoms with Gasteiger partial charge in [0, 0.05) is 6.04 Å². The summed E-state index contributed by atoms with van der Waals surface area (Å²) in [4.78, 5) is 0. The highest BCUT2D eigenvalue weighted by atomic mass is 14.9. The van der Waals surface area contributed by atoms with Crippen LogP contribution in [0.25, 0.3) is 0 Å². The van der Waals surface area contributed by atoms with E-state index in [0.29, 0.717) is 6.04 Å². The van der Waals surface area contributed by atoms with Crippen molar-refractivity contribution < 1.29 is 0 Å². The van der Waals surface area contributed by atoms with E-state index in [4.69, 9.17) is 0 Å². The molecule has 0 rings (SSSR count). The number of nitrogens with one attached hydrogen (secondary N) is 1. The van der Waals surface area contributed by atoms with Crippen LogP contribution >= 0.6 is 0 Å². The quantitative estimate of drug-likeness (QED) is 0.565. The fourth-order valence-electron chi connectivity index (χ4n) is 1.77. The molecule has 15 heavy (non-hydrogen) atoms. The molecule has 2 atom stereocenters. The van der Waals surface area contributed by atoms with Crippen LogP contribution in [0.4, 0.5) is 0 Å². The van der Waals surface area contributed by atoms with Crippen LogP contribution < -0.4 is 5.32 Å². The summed E-state index contributed by atoms with van der Waals surface area (Å²) >= 11 is 0. The number of rotatable bonds is 9. The van der Waals surface area contributed by atoms with Gasteiger partial charge in [-0.25, -0.2) is 0 Å². The maximum atomic E-state index is 3.64. The molecule has 0 amide bonds. The van der Waals surface area contributed by atoms with Crippen molar-refractivity contribution in [3.8, 4) is 0 Å². The van der Waals surface area contributed by atoms with Gasteiger partial charge in [-0.3, -0.25) is 0 Å². The van der Waals surface area contributed by atoms with Crippen LogP contribution in [-0.2, 0) is 0 Å². The van der Waals surface area contributed by atoms with Crippen molar-refractivity contribution in [2.75, 3.05) is 6.54 Å². The standard InChI is InChI=1S/C14H31N/c1-6-7-8-9-13(4)14(5)15-11-10-12(2)3/h12-15H,6-11H2,1-5H3/t13?,14-/m1/s1. The molecule has 0 aliphatic rings. The lowest BCUT2D eigenvalue weighted by atomic mass is 9.96. The Balaban J connectivity index is 3.46. The molecule has 0 aliphatic carbocycles. The van der Waals surface area contributed by atoms with E-state index in [0.717, 1.165) is 11.8 Å². The Bertz CT molecular complexity index is 131. The van der Waals surface area contributed by atoms with Gasteiger partial charge in [-0.05, 0) is 38.1 Å². The summed E-state index contributed by atoms with van der Waals surface area (Å²) < 4.78 is 0. The number of unbranched alkanes of at least 4 members (excludes halogenated alkanes) is 2. The molecule has 0 saturated carbocycles. The van der Waals surface area contributed by atoms with E-state index in [-0.39, 0.29) is 0 Å². The van der Waals surface area contributed by atoms with E-state index in [1.54, 1.807) is 0 Å². The zero-order chi connectivity index (χ0) is 11.7. The third-order valence-electron chi connectivity index (χ3n) is 3.30. The van der Waals surface area contributed by atoms with Crippen LogP contribution in [0, 0.1) is 11.8 Å². The summed E-state index contributed by atoms with van der Waals surface area (Å²) in [7, 11) is 0. The van der Waals surface area contributed by atoms with Gasteiger partial charge in [-0.1, -0.05) is 47.0 Å². The van der Waals surface area contributed by atoms with E-state index in [1.807, 2.05) is 0 Å². The molecule has 0 aliphatic heterocycles. The molecular formula is C14H31N. The summed E-state index contributed by atoms with van der Waals surface area (Å²) in [6, 6.07) is 0.681. The van der Waals surface area contributed by atoms with E-state index in [1.165, 1.54) is 38.6 Å². The minimum atomic E-state index is 0.681. The molecule has 0 heterocycles. The van der Waals surface area contributed by atoms with Gasteiger partial charge in [0.1, 0.15) is 0 Å². The molecule has 0 aromatic carbocycles. The van der Waals surface area contributed by atoms with E-state index >= 15 is 0 Å². The summed E-state index contributed by atoms with van der Waals surface area (Å²) in [5, 5.41) is 3.64. The van der Waals surface area contributed by atoms with Crippen molar-refractivity contribution in [1.82, 2.24) is 5.32 Å². The van der Waals surface area contributed by atoms with Gasteiger partial charge in [0.05, 0.1) is 0 Å². The Morgan fingerprint density at radius 3 is 2.13 bits per heavy atom. The fraction of sp³-hybridized carbons (Fsp3) is 1.00. The van der Waals surface area contributed by atoms with Crippen LogP contribution in [-0.4, -0.2) is 12.6 Å². The molecule has 92 valence electrons. The minimum Gasteiger partial charge on any atom is -0.314 e. The average molecular weight is 213 g/mol. The summed E-state index contributed by atoms with van der Waals surface area (Å²) in [5.74, 6) is 1.64. The highest BCUT2D eigenvalue weighted by Crippen LogP contribution is 2.13. The topological polar surface area (TPSA) is 12.0 Å². The van der Waals surface area contributed by atoms with Crippen LogP contribution in [0.1, 0.15) is 66.7 Å². The Hall–Kier alpha value is -0.0400. The maximum Gasteiger partial charge on any atom is 0.00643 e. The first-order chi connectivity index (χ1) is 7.07. The molecule has 1 N–H and O–H groups in total. The summed E-state index contributed by atoms with van der Waals surface area (Å²) in [6.07, 6.45) is 6.80. The molecule has 1 nitrogen and oxygen atoms in total. The van der Waals surface area contributed by atoms with Crippen molar-refractivity contribution in [2.45, 2.75) is 72.8 Å². The predicted octanol–water partition coefficient (Wildman–Crippen LogP) is 4.23. The molecule has 0 radical (unpaired) electrons. The second-order valence-electron chi connectivity index (χ2n) is 5.40. The minimum absolute atomic E-state index is 0.681. The summed E-state index contributed by atoms with van der Waals surface area (Å²) in [6.45, 7) is 12.7. The number of hydrogen-bond acceptors (Lipinski definition) is 1. The largest absolute Gasteiger partial charge is 0.314 e. The van der Waals surface area contributed by atoms with E-state index < -0.39 is 0 Å². The van der Waals surface area contributed by atoms with Crippen molar-refractivity contribution in [2.24, 2.45) is 11.8 Å². The molecule has 1 unspecified atom stereocenters. The second-order valence-corrected chi connectivity index (χ2v) is 5.40. The molecule has 0 spiro atoms. The Morgan fingerprint density at radius 2 is 1.60 bits per heavy atom. The average Bonchev–Trinajstić information content (AvgIpc) is 2.17. The fourth-order valence-corrected chi connectivity index (χ4v) is 1.77. The first kappa shape index (κ1) is 15.0. The highest BCUT2D eigenvalue weighted by molar-refractivity contribution is 4.68. The first-order valence-electron chi connectivity index (χ1n) is 6.81. The lowest BCUT2D eigenvalue weighted by molar-refractivity contribution is 0.358.